The number of carbonyl (C=O) groups is 1. The minimum absolute atomic E-state index is 0.0374. The molecule has 0 radical (unpaired) electrons. The van der Waals surface area contributed by atoms with Crippen LogP contribution < -0.4 is 0 Å². The number of rotatable bonds is 4. The van der Waals surface area contributed by atoms with Gasteiger partial charge >= 0.3 is 5.97 Å². The fraction of sp³-hybridized carbons (Fsp3) is 0.700. The summed E-state index contributed by atoms with van der Waals surface area (Å²) >= 11 is 0. The summed E-state index contributed by atoms with van der Waals surface area (Å²) in [5.74, 6) is 0.584. The molecule has 1 aromatic rings. The van der Waals surface area contributed by atoms with E-state index in [0.717, 1.165) is 6.42 Å². The van der Waals surface area contributed by atoms with Crippen LogP contribution in [0, 0.1) is 5.41 Å². The predicted octanol–water partition coefficient (Wildman–Crippen LogP) is 1.60. The largest absolute Gasteiger partial charge is 0.481 e. The van der Waals surface area contributed by atoms with E-state index in [2.05, 4.69) is 24.0 Å². The zero-order valence-corrected chi connectivity index (χ0v) is 8.86. The van der Waals surface area contributed by atoms with Crippen molar-refractivity contribution in [2.75, 3.05) is 0 Å². The van der Waals surface area contributed by atoms with Gasteiger partial charge in [-0.05, 0) is 11.8 Å². The average molecular weight is 210 g/mol. The third-order valence-electron chi connectivity index (χ3n) is 2.85. The number of hydrogen-bond acceptors (Lipinski definition) is 4. The Balaban J connectivity index is 1.96. The Bertz CT molecular complexity index is 384. The normalized spacial score (nSPS) is 22.7. The summed E-state index contributed by atoms with van der Waals surface area (Å²) < 4.78 is 5.41. The Kier molecular flexibility index (Phi) is 2.25. The van der Waals surface area contributed by atoms with Crippen LogP contribution in [0.4, 0.5) is 0 Å². The van der Waals surface area contributed by atoms with Gasteiger partial charge in [-0.25, -0.2) is 0 Å². The average Bonchev–Trinajstić information content (AvgIpc) is 2.63. The van der Waals surface area contributed by atoms with E-state index < -0.39 is 5.97 Å². The fourth-order valence-electron chi connectivity index (χ4n) is 1.61. The van der Waals surface area contributed by atoms with Gasteiger partial charge in [-0.3, -0.25) is 4.79 Å². The zero-order chi connectivity index (χ0) is 11.1. The van der Waals surface area contributed by atoms with Gasteiger partial charge in [0.15, 0.2) is 0 Å². The number of carboxylic acid groups (broad SMARTS) is 1. The molecule has 2 rings (SSSR count). The molecule has 1 heterocycles. The summed E-state index contributed by atoms with van der Waals surface area (Å²) in [6.07, 6.45) is 1.42. The van der Waals surface area contributed by atoms with Crippen molar-refractivity contribution in [2.45, 2.75) is 39.0 Å². The fourth-order valence-corrected chi connectivity index (χ4v) is 1.61. The van der Waals surface area contributed by atoms with Crippen LogP contribution in [0.5, 0.6) is 0 Å². The first-order valence-corrected chi connectivity index (χ1v) is 5.03. The summed E-state index contributed by atoms with van der Waals surface area (Å²) in [5, 5.41) is 16.3. The van der Waals surface area contributed by atoms with Gasteiger partial charge in [-0.2, -0.15) is 0 Å². The lowest BCUT2D eigenvalue weighted by molar-refractivity contribution is -0.137. The van der Waals surface area contributed by atoms with Crippen LogP contribution in [0.15, 0.2) is 4.42 Å². The maximum absolute atomic E-state index is 10.3. The second-order valence-corrected chi connectivity index (χ2v) is 4.67. The van der Waals surface area contributed by atoms with Crippen LogP contribution in [0.2, 0.25) is 0 Å². The summed E-state index contributed by atoms with van der Waals surface area (Å²) in [6.45, 7) is 4.30. The molecule has 5 heteroatoms. The number of carboxylic acids is 1. The van der Waals surface area contributed by atoms with Gasteiger partial charge in [0.1, 0.15) is 0 Å². The summed E-state index contributed by atoms with van der Waals surface area (Å²) in [7, 11) is 0. The Labute approximate surface area is 87.5 Å². The van der Waals surface area contributed by atoms with Gasteiger partial charge in [0.05, 0.1) is 6.42 Å². The molecule has 1 aliphatic carbocycles. The SMILES string of the molecule is CC1(C)CC1c1nnc(CCC(=O)O)o1. The van der Waals surface area contributed by atoms with Gasteiger partial charge in [-0.15, -0.1) is 10.2 Å². The molecule has 1 atom stereocenters. The molecule has 1 fully saturated rings. The maximum Gasteiger partial charge on any atom is 0.303 e. The van der Waals surface area contributed by atoms with E-state index in [0.29, 0.717) is 24.1 Å². The van der Waals surface area contributed by atoms with Crippen LogP contribution in [0.25, 0.3) is 0 Å². The number of hydrogen-bond donors (Lipinski definition) is 1. The molecule has 1 N–H and O–H groups in total. The lowest BCUT2D eigenvalue weighted by Crippen LogP contribution is -1.97. The molecule has 15 heavy (non-hydrogen) atoms. The molecule has 0 bridgehead atoms. The second-order valence-electron chi connectivity index (χ2n) is 4.67. The van der Waals surface area contributed by atoms with Crippen LogP contribution in [0.3, 0.4) is 0 Å². The van der Waals surface area contributed by atoms with Gasteiger partial charge < -0.3 is 9.52 Å². The quantitative estimate of drug-likeness (QED) is 0.816. The summed E-state index contributed by atoms with van der Waals surface area (Å²) in [6, 6.07) is 0. The highest BCUT2D eigenvalue weighted by molar-refractivity contribution is 5.66. The van der Waals surface area contributed by atoms with E-state index in [-0.39, 0.29) is 11.8 Å². The lowest BCUT2D eigenvalue weighted by Gasteiger charge is -1.96. The molecular formula is C10H14N2O3. The van der Waals surface area contributed by atoms with Gasteiger partial charge in [0.2, 0.25) is 11.8 Å². The first kappa shape index (κ1) is 10.1. The number of aromatic nitrogens is 2. The van der Waals surface area contributed by atoms with Crippen molar-refractivity contribution in [1.29, 1.82) is 0 Å². The molecule has 0 aliphatic heterocycles. The molecule has 0 saturated heterocycles. The van der Waals surface area contributed by atoms with Crippen molar-refractivity contribution in [3.8, 4) is 0 Å². The molecule has 82 valence electrons. The van der Waals surface area contributed by atoms with Crippen molar-refractivity contribution < 1.29 is 14.3 Å². The molecular weight excluding hydrogens is 196 g/mol. The standard InChI is InChI=1S/C10H14N2O3/c1-10(2)5-6(10)9-12-11-7(15-9)3-4-8(13)14/h6H,3-5H2,1-2H3,(H,13,14). The first-order valence-electron chi connectivity index (χ1n) is 5.03. The van der Waals surface area contributed by atoms with Gasteiger partial charge in [-0.1, -0.05) is 13.8 Å². The third kappa shape index (κ3) is 2.16. The van der Waals surface area contributed by atoms with Crippen LogP contribution in [-0.2, 0) is 11.2 Å². The van der Waals surface area contributed by atoms with E-state index in [1.165, 1.54) is 0 Å². The van der Waals surface area contributed by atoms with E-state index >= 15 is 0 Å². The second kappa shape index (κ2) is 3.32. The summed E-state index contributed by atoms with van der Waals surface area (Å²) in [5.41, 5.74) is 0.261. The Hall–Kier alpha value is -1.39. The monoisotopic (exact) mass is 210 g/mol. The molecule has 1 aliphatic rings. The molecule has 1 aromatic heterocycles. The molecule has 0 aromatic carbocycles. The molecule has 0 amide bonds. The van der Waals surface area contributed by atoms with E-state index in [9.17, 15) is 4.79 Å². The molecule has 0 spiro atoms. The minimum Gasteiger partial charge on any atom is -0.481 e. The Morgan fingerprint density at radius 2 is 2.27 bits per heavy atom. The van der Waals surface area contributed by atoms with Crippen LogP contribution in [-0.4, -0.2) is 21.3 Å². The van der Waals surface area contributed by atoms with E-state index in [1.807, 2.05) is 0 Å². The van der Waals surface area contributed by atoms with Gasteiger partial charge in [0.25, 0.3) is 0 Å². The zero-order valence-electron chi connectivity index (χ0n) is 8.86. The highest BCUT2D eigenvalue weighted by atomic mass is 16.4. The molecule has 1 unspecified atom stereocenters. The third-order valence-corrected chi connectivity index (χ3v) is 2.85. The van der Waals surface area contributed by atoms with Crippen molar-refractivity contribution >= 4 is 5.97 Å². The van der Waals surface area contributed by atoms with E-state index in [4.69, 9.17) is 9.52 Å². The highest BCUT2D eigenvalue weighted by Gasteiger charge is 2.50. The molecule has 1 saturated carbocycles. The highest BCUT2D eigenvalue weighted by Crippen LogP contribution is 2.58. The smallest absolute Gasteiger partial charge is 0.303 e. The lowest BCUT2D eigenvalue weighted by atomic mass is 10.1. The van der Waals surface area contributed by atoms with Crippen LogP contribution in [0.1, 0.15) is 44.4 Å². The Morgan fingerprint density at radius 3 is 2.80 bits per heavy atom. The molecule has 5 nitrogen and oxygen atoms in total. The first-order chi connectivity index (χ1) is 6.99. The Morgan fingerprint density at radius 1 is 1.60 bits per heavy atom. The van der Waals surface area contributed by atoms with Crippen LogP contribution >= 0.6 is 0 Å². The maximum atomic E-state index is 10.3. The predicted molar refractivity (Wildman–Crippen MR) is 51.4 cm³/mol. The van der Waals surface area contributed by atoms with Crippen molar-refractivity contribution in [2.24, 2.45) is 5.41 Å². The van der Waals surface area contributed by atoms with Crippen molar-refractivity contribution in [1.82, 2.24) is 10.2 Å². The van der Waals surface area contributed by atoms with E-state index in [1.54, 1.807) is 0 Å². The minimum atomic E-state index is -0.846. The summed E-state index contributed by atoms with van der Waals surface area (Å²) in [4.78, 5) is 10.3. The number of aliphatic carboxylic acids is 1. The number of nitrogens with zero attached hydrogens (tertiary/aromatic N) is 2. The van der Waals surface area contributed by atoms with Crippen molar-refractivity contribution in [3.05, 3.63) is 11.8 Å². The van der Waals surface area contributed by atoms with Gasteiger partial charge in [0, 0.05) is 12.3 Å². The number of aryl methyl sites for hydroxylation is 1. The topological polar surface area (TPSA) is 76.2 Å². The van der Waals surface area contributed by atoms with Crippen molar-refractivity contribution in [3.63, 3.8) is 0 Å².